The van der Waals surface area contributed by atoms with Crippen LogP contribution >= 0.6 is 0 Å². The second-order valence-corrected chi connectivity index (χ2v) is 7.57. The Hall–Kier alpha value is -2.58. The first-order valence-corrected chi connectivity index (χ1v) is 9.95. The number of hydrogen-bond donors (Lipinski definition) is 1. The van der Waals surface area contributed by atoms with Crippen LogP contribution in [-0.4, -0.2) is 45.9 Å². The van der Waals surface area contributed by atoms with Gasteiger partial charge in [0.1, 0.15) is 11.5 Å². The minimum Gasteiger partial charge on any atom is -0.497 e. The van der Waals surface area contributed by atoms with Crippen molar-refractivity contribution < 1.29 is 22.7 Å². The fraction of sp³-hybridized carbons (Fsp3) is 0.316. The Balaban J connectivity index is 2.22. The van der Waals surface area contributed by atoms with Crippen LogP contribution in [0.3, 0.4) is 0 Å². The number of nitrogens with one attached hydrogen (secondary N) is 1. The summed E-state index contributed by atoms with van der Waals surface area (Å²) < 4.78 is 36.8. The number of benzene rings is 2. The van der Waals surface area contributed by atoms with Crippen LogP contribution in [0.4, 0.5) is 5.69 Å². The number of ether oxygens (including phenoxy) is 2. The molecule has 27 heavy (non-hydrogen) atoms. The largest absolute Gasteiger partial charge is 0.497 e. The number of sulfonamides is 1. The lowest BCUT2D eigenvalue weighted by Crippen LogP contribution is -2.30. The van der Waals surface area contributed by atoms with Crippen LogP contribution in [0.25, 0.3) is 0 Å². The fourth-order valence-electron chi connectivity index (χ4n) is 2.59. The molecular weight excluding hydrogens is 368 g/mol. The first kappa shape index (κ1) is 20.7. The van der Waals surface area contributed by atoms with E-state index in [0.29, 0.717) is 35.8 Å². The molecule has 1 N–H and O–H groups in total. The summed E-state index contributed by atoms with van der Waals surface area (Å²) in [7, 11) is -0.513. The Kier molecular flexibility index (Phi) is 6.81. The first-order chi connectivity index (χ1) is 12.9. The summed E-state index contributed by atoms with van der Waals surface area (Å²) in [6, 6.07) is 10.9. The van der Waals surface area contributed by atoms with Crippen LogP contribution in [0, 0.1) is 0 Å². The summed E-state index contributed by atoms with van der Waals surface area (Å²) in [5.41, 5.74) is 0.828. The molecule has 0 aliphatic carbocycles. The van der Waals surface area contributed by atoms with Gasteiger partial charge in [-0.05, 0) is 36.4 Å². The molecule has 2 rings (SSSR count). The quantitative estimate of drug-likeness (QED) is 0.746. The molecule has 2 aromatic carbocycles. The highest BCUT2D eigenvalue weighted by molar-refractivity contribution is 7.89. The summed E-state index contributed by atoms with van der Waals surface area (Å²) in [5, 5.41) is 2.75. The van der Waals surface area contributed by atoms with E-state index in [9.17, 15) is 13.2 Å². The van der Waals surface area contributed by atoms with Crippen molar-refractivity contribution in [1.82, 2.24) is 4.31 Å². The molecule has 0 fully saturated rings. The van der Waals surface area contributed by atoms with Crippen molar-refractivity contribution in [3.63, 3.8) is 0 Å². The Morgan fingerprint density at radius 1 is 1.00 bits per heavy atom. The molecule has 0 saturated heterocycles. The molecule has 0 radical (unpaired) electrons. The van der Waals surface area contributed by atoms with E-state index in [1.165, 1.54) is 35.7 Å². The third-order valence-electron chi connectivity index (χ3n) is 4.12. The number of anilines is 1. The maximum atomic E-state index is 12.5. The van der Waals surface area contributed by atoms with Gasteiger partial charge >= 0.3 is 0 Å². The van der Waals surface area contributed by atoms with Crippen molar-refractivity contribution in [3.05, 3.63) is 48.0 Å². The van der Waals surface area contributed by atoms with Gasteiger partial charge in [-0.25, -0.2) is 8.42 Å². The van der Waals surface area contributed by atoms with Gasteiger partial charge in [0, 0.05) is 24.7 Å². The molecular formula is C19H24N2O5S. The summed E-state index contributed by atoms with van der Waals surface area (Å²) in [6.07, 6.45) is 0. The van der Waals surface area contributed by atoms with Crippen molar-refractivity contribution >= 4 is 21.6 Å². The van der Waals surface area contributed by atoms with E-state index in [-0.39, 0.29) is 10.8 Å². The van der Waals surface area contributed by atoms with Crippen molar-refractivity contribution in [2.75, 3.05) is 32.6 Å². The van der Waals surface area contributed by atoms with Gasteiger partial charge in [0.15, 0.2) is 0 Å². The lowest BCUT2D eigenvalue weighted by atomic mass is 10.2. The second-order valence-electron chi connectivity index (χ2n) is 5.63. The van der Waals surface area contributed by atoms with E-state index in [1.807, 2.05) is 0 Å². The number of nitrogens with zero attached hydrogens (tertiary/aromatic N) is 1. The zero-order valence-corrected chi connectivity index (χ0v) is 16.7. The van der Waals surface area contributed by atoms with Gasteiger partial charge in [-0.1, -0.05) is 13.8 Å². The standard InChI is InChI=1S/C19H24N2O5S/c1-5-21(6-2)27(23,24)16-10-7-14(8-11-16)19(22)20-17-12-9-15(25-3)13-18(17)26-4/h7-13H,5-6H2,1-4H3,(H,20,22). The number of carbonyl (C=O) groups excluding carboxylic acids is 1. The molecule has 0 aliphatic rings. The van der Waals surface area contributed by atoms with E-state index in [4.69, 9.17) is 9.47 Å². The predicted molar refractivity (Wildman–Crippen MR) is 104 cm³/mol. The molecule has 0 spiro atoms. The van der Waals surface area contributed by atoms with Crippen LogP contribution in [0.15, 0.2) is 47.4 Å². The Labute approximate surface area is 160 Å². The number of hydrogen-bond acceptors (Lipinski definition) is 5. The molecule has 0 heterocycles. The molecule has 0 aromatic heterocycles. The highest BCUT2D eigenvalue weighted by Gasteiger charge is 2.21. The van der Waals surface area contributed by atoms with Crippen LogP contribution in [-0.2, 0) is 10.0 Å². The first-order valence-electron chi connectivity index (χ1n) is 8.50. The number of methoxy groups -OCH3 is 2. The highest BCUT2D eigenvalue weighted by Crippen LogP contribution is 2.29. The topological polar surface area (TPSA) is 84.9 Å². The van der Waals surface area contributed by atoms with E-state index >= 15 is 0 Å². The molecule has 0 saturated carbocycles. The van der Waals surface area contributed by atoms with Gasteiger partial charge in [0.2, 0.25) is 10.0 Å². The lowest BCUT2D eigenvalue weighted by Gasteiger charge is -2.18. The predicted octanol–water partition coefficient (Wildman–Crippen LogP) is 2.99. The summed E-state index contributed by atoms with van der Waals surface area (Å²) >= 11 is 0. The van der Waals surface area contributed by atoms with Gasteiger partial charge < -0.3 is 14.8 Å². The molecule has 2 aromatic rings. The van der Waals surface area contributed by atoms with Crippen molar-refractivity contribution in [2.45, 2.75) is 18.7 Å². The van der Waals surface area contributed by atoms with Gasteiger partial charge in [0.05, 0.1) is 24.8 Å². The van der Waals surface area contributed by atoms with Gasteiger partial charge in [-0.15, -0.1) is 0 Å². The minimum atomic E-state index is -3.55. The molecule has 0 atom stereocenters. The van der Waals surface area contributed by atoms with E-state index in [2.05, 4.69) is 5.32 Å². The Morgan fingerprint density at radius 3 is 2.15 bits per heavy atom. The van der Waals surface area contributed by atoms with Crippen LogP contribution < -0.4 is 14.8 Å². The highest BCUT2D eigenvalue weighted by atomic mass is 32.2. The third kappa shape index (κ3) is 4.58. The average molecular weight is 392 g/mol. The SMILES string of the molecule is CCN(CC)S(=O)(=O)c1ccc(C(=O)Nc2ccc(OC)cc2OC)cc1. The number of carbonyl (C=O) groups is 1. The lowest BCUT2D eigenvalue weighted by molar-refractivity contribution is 0.102. The molecule has 8 heteroatoms. The maximum Gasteiger partial charge on any atom is 0.255 e. The Morgan fingerprint density at radius 2 is 1.63 bits per heavy atom. The van der Waals surface area contributed by atoms with Crippen LogP contribution in [0.5, 0.6) is 11.5 Å². The van der Waals surface area contributed by atoms with Crippen molar-refractivity contribution in [1.29, 1.82) is 0 Å². The monoisotopic (exact) mass is 392 g/mol. The average Bonchev–Trinajstić information content (AvgIpc) is 2.69. The van der Waals surface area contributed by atoms with Crippen LogP contribution in [0.1, 0.15) is 24.2 Å². The smallest absolute Gasteiger partial charge is 0.255 e. The van der Waals surface area contributed by atoms with E-state index in [1.54, 1.807) is 39.2 Å². The van der Waals surface area contributed by atoms with E-state index < -0.39 is 10.0 Å². The molecule has 7 nitrogen and oxygen atoms in total. The zero-order valence-electron chi connectivity index (χ0n) is 15.9. The molecule has 0 bridgehead atoms. The summed E-state index contributed by atoms with van der Waals surface area (Å²) in [6.45, 7) is 4.34. The number of rotatable bonds is 8. The molecule has 1 amide bonds. The molecule has 146 valence electrons. The normalized spacial score (nSPS) is 11.3. The van der Waals surface area contributed by atoms with Gasteiger partial charge in [-0.3, -0.25) is 4.79 Å². The fourth-order valence-corrected chi connectivity index (χ4v) is 4.05. The zero-order chi connectivity index (χ0) is 20.0. The maximum absolute atomic E-state index is 12.5. The van der Waals surface area contributed by atoms with Gasteiger partial charge in [0.25, 0.3) is 5.91 Å². The van der Waals surface area contributed by atoms with Crippen molar-refractivity contribution in [2.24, 2.45) is 0 Å². The van der Waals surface area contributed by atoms with Gasteiger partial charge in [-0.2, -0.15) is 4.31 Å². The minimum absolute atomic E-state index is 0.157. The Bertz CT molecular complexity index is 891. The summed E-state index contributed by atoms with van der Waals surface area (Å²) in [4.78, 5) is 12.6. The van der Waals surface area contributed by atoms with Crippen LogP contribution in [0.2, 0.25) is 0 Å². The molecule has 0 unspecified atom stereocenters. The third-order valence-corrected chi connectivity index (χ3v) is 6.18. The number of amides is 1. The van der Waals surface area contributed by atoms with E-state index in [0.717, 1.165) is 0 Å². The second kappa shape index (κ2) is 8.88. The van der Waals surface area contributed by atoms with Crippen molar-refractivity contribution in [3.8, 4) is 11.5 Å². The molecule has 0 aliphatic heterocycles. The summed E-state index contributed by atoms with van der Waals surface area (Å²) in [5.74, 6) is 0.699.